The highest BCUT2D eigenvalue weighted by molar-refractivity contribution is 7.89. The monoisotopic (exact) mass is 425 g/mol. The van der Waals surface area contributed by atoms with Gasteiger partial charge in [-0.05, 0) is 49.9 Å². The number of fused-ring (bicyclic) bond motifs is 3. The molecule has 1 saturated carbocycles. The van der Waals surface area contributed by atoms with Crippen LogP contribution < -0.4 is 0 Å². The largest absolute Gasteiger partial charge is 0.355 e. The molecule has 158 valence electrons. The van der Waals surface area contributed by atoms with E-state index in [1.165, 1.54) is 4.31 Å². The van der Waals surface area contributed by atoms with Gasteiger partial charge >= 0.3 is 0 Å². The Morgan fingerprint density at radius 3 is 2.53 bits per heavy atom. The summed E-state index contributed by atoms with van der Waals surface area (Å²) in [6.45, 7) is 3.83. The van der Waals surface area contributed by atoms with Crippen LogP contribution in [0.4, 0.5) is 0 Å². The molecule has 6 heteroatoms. The van der Waals surface area contributed by atoms with Gasteiger partial charge in [0.2, 0.25) is 10.0 Å². The fourth-order valence-corrected chi connectivity index (χ4v) is 7.14. The third kappa shape index (κ3) is 2.88. The topological polar surface area (TPSA) is 63.7 Å². The Morgan fingerprint density at radius 1 is 1.07 bits per heavy atom. The number of sulfonamides is 1. The lowest BCUT2D eigenvalue weighted by Crippen LogP contribution is -2.51. The molecule has 3 aliphatic rings. The zero-order valence-corrected chi connectivity index (χ0v) is 18.2. The van der Waals surface area contributed by atoms with Gasteiger partial charge in [-0.2, -0.15) is 4.31 Å². The molecule has 30 heavy (non-hydrogen) atoms. The van der Waals surface area contributed by atoms with E-state index in [0.29, 0.717) is 19.3 Å². The number of Topliss-reactive ketones (excluding diaryl/α,β-unsaturated/α-hetero) is 1. The van der Waals surface area contributed by atoms with E-state index >= 15 is 0 Å². The number of ketones is 1. The molecule has 4 atom stereocenters. The third-order valence-electron chi connectivity index (χ3n) is 7.08. The number of carbonyl (C=O) groups is 1. The quantitative estimate of drug-likeness (QED) is 0.741. The van der Waals surface area contributed by atoms with Gasteiger partial charge in [0, 0.05) is 12.8 Å². The molecule has 1 aliphatic heterocycles. The maximum Gasteiger partial charge on any atom is 0.245 e. The molecule has 5 nitrogen and oxygen atoms in total. The molecular weight excluding hydrogens is 398 g/mol. The van der Waals surface area contributed by atoms with Gasteiger partial charge in [0.05, 0.1) is 22.5 Å². The smallest absolute Gasteiger partial charge is 0.245 e. The highest BCUT2D eigenvalue weighted by Crippen LogP contribution is 2.53. The van der Waals surface area contributed by atoms with Crippen LogP contribution in [0.5, 0.6) is 0 Å². The van der Waals surface area contributed by atoms with Gasteiger partial charge in [-0.15, -0.1) is 0 Å². The molecule has 0 N–H and O–H groups in total. The Bertz CT molecular complexity index is 1090. The first kappa shape index (κ1) is 19.9. The van der Waals surface area contributed by atoms with Gasteiger partial charge in [-0.25, -0.2) is 8.42 Å². The lowest BCUT2D eigenvalue weighted by molar-refractivity contribution is -0.145. The van der Waals surface area contributed by atoms with E-state index < -0.39 is 27.7 Å². The minimum Gasteiger partial charge on any atom is -0.355 e. The van der Waals surface area contributed by atoms with E-state index in [0.717, 1.165) is 29.5 Å². The molecule has 0 spiro atoms. The van der Waals surface area contributed by atoms with Gasteiger partial charge in [0.1, 0.15) is 12.0 Å². The summed E-state index contributed by atoms with van der Waals surface area (Å²) in [6, 6.07) is 14.5. The second-order valence-corrected chi connectivity index (χ2v) is 10.9. The van der Waals surface area contributed by atoms with Crippen LogP contribution in [-0.4, -0.2) is 30.8 Å². The highest BCUT2D eigenvalue weighted by atomic mass is 32.2. The number of aryl methyl sites for hydroxylation is 1. The maximum atomic E-state index is 13.9. The summed E-state index contributed by atoms with van der Waals surface area (Å²) >= 11 is 0. The first-order valence-corrected chi connectivity index (χ1v) is 12.1. The molecule has 0 bridgehead atoms. The Kier molecular flexibility index (Phi) is 4.65. The lowest BCUT2D eigenvalue weighted by Gasteiger charge is -2.41. The van der Waals surface area contributed by atoms with Crippen LogP contribution in [-0.2, 0) is 26.0 Å². The molecule has 0 radical (unpaired) electrons. The van der Waals surface area contributed by atoms with Crippen molar-refractivity contribution in [2.75, 3.05) is 0 Å². The first-order valence-electron chi connectivity index (χ1n) is 10.7. The summed E-state index contributed by atoms with van der Waals surface area (Å²) in [7, 11) is -3.86. The second kappa shape index (κ2) is 7.01. The van der Waals surface area contributed by atoms with E-state index in [-0.39, 0.29) is 16.8 Å². The summed E-state index contributed by atoms with van der Waals surface area (Å²) < 4.78 is 35.8. The summed E-state index contributed by atoms with van der Waals surface area (Å²) in [5.74, 6) is 0.108. The molecule has 0 amide bonds. The van der Waals surface area contributed by atoms with Crippen LogP contribution in [0.2, 0.25) is 0 Å². The zero-order chi connectivity index (χ0) is 21.1. The SMILES string of the molecule is Cc1ccc(S(=O)(=O)N2[C@@H]3c4ccccc4C[C@@H]3O[C@H]2[C@]2(C)CCCCC2=O)cc1. The fraction of sp³-hybridized carbons (Fsp3) is 0.458. The molecule has 2 aliphatic carbocycles. The normalized spacial score (nSPS) is 31.5. The Labute approximate surface area is 178 Å². The fourth-order valence-electron chi connectivity index (χ4n) is 5.33. The van der Waals surface area contributed by atoms with Crippen molar-refractivity contribution < 1.29 is 17.9 Å². The summed E-state index contributed by atoms with van der Waals surface area (Å²) in [5, 5.41) is 0. The van der Waals surface area contributed by atoms with Crippen molar-refractivity contribution in [3.63, 3.8) is 0 Å². The van der Waals surface area contributed by atoms with Crippen molar-refractivity contribution in [2.24, 2.45) is 5.41 Å². The highest BCUT2D eigenvalue weighted by Gasteiger charge is 2.60. The minimum absolute atomic E-state index is 0.108. The third-order valence-corrected chi connectivity index (χ3v) is 8.93. The number of nitrogens with zero attached hydrogens (tertiary/aromatic N) is 1. The summed E-state index contributed by atoms with van der Waals surface area (Å²) in [6.07, 6.45) is 2.53. The van der Waals surface area contributed by atoms with E-state index in [2.05, 4.69) is 0 Å². The van der Waals surface area contributed by atoms with E-state index in [9.17, 15) is 13.2 Å². The van der Waals surface area contributed by atoms with Gasteiger partial charge < -0.3 is 4.74 Å². The Hall–Kier alpha value is -2.02. The number of benzene rings is 2. The van der Waals surface area contributed by atoms with Crippen LogP contribution >= 0.6 is 0 Å². The number of carbonyl (C=O) groups excluding carboxylic acids is 1. The zero-order valence-electron chi connectivity index (χ0n) is 17.4. The summed E-state index contributed by atoms with van der Waals surface area (Å²) in [4.78, 5) is 13.3. The molecule has 0 unspecified atom stereocenters. The van der Waals surface area contributed by atoms with Gasteiger partial charge in [0.15, 0.2) is 0 Å². The predicted molar refractivity (Wildman–Crippen MR) is 113 cm³/mol. The van der Waals surface area contributed by atoms with Crippen molar-refractivity contribution in [3.8, 4) is 0 Å². The van der Waals surface area contributed by atoms with Gasteiger partial charge in [0.25, 0.3) is 0 Å². The van der Waals surface area contributed by atoms with Crippen molar-refractivity contribution >= 4 is 15.8 Å². The number of ether oxygens (including phenoxy) is 1. The molecule has 1 heterocycles. The lowest BCUT2D eigenvalue weighted by atomic mass is 9.73. The first-order chi connectivity index (χ1) is 14.3. The average molecular weight is 426 g/mol. The van der Waals surface area contributed by atoms with Gasteiger partial charge in [-0.3, -0.25) is 4.79 Å². The summed E-state index contributed by atoms with van der Waals surface area (Å²) in [5.41, 5.74) is 2.29. The molecule has 0 aromatic heterocycles. The molecule has 5 rings (SSSR count). The number of hydrogen-bond donors (Lipinski definition) is 0. The van der Waals surface area contributed by atoms with E-state index in [4.69, 9.17) is 4.74 Å². The molecule has 2 aromatic carbocycles. The van der Waals surface area contributed by atoms with Crippen molar-refractivity contribution in [2.45, 2.75) is 69.2 Å². The van der Waals surface area contributed by atoms with Crippen LogP contribution in [0.15, 0.2) is 53.4 Å². The number of hydrogen-bond acceptors (Lipinski definition) is 4. The van der Waals surface area contributed by atoms with E-state index in [1.54, 1.807) is 12.1 Å². The number of rotatable bonds is 3. The average Bonchev–Trinajstić information content (AvgIpc) is 3.27. The molecule has 1 saturated heterocycles. The van der Waals surface area contributed by atoms with Crippen molar-refractivity contribution in [1.29, 1.82) is 0 Å². The van der Waals surface area contributed by atoms with Crippen LogP contribution in [0.3, 0.4) is 0 Å². The van der Waals surface area contributed by atoms with Crippen LogP contribution in [0.1, 0.15) is 55.3 Å². The van der Waals surface area contributed by atoms with Crippen molar-refractivity contribution in [3.05, 3.63) is 65.2 Å². The molecular formula is C24H27NO4S. The Morgan fingerprint density at radius 2 is 1.80 bits per heavy atom. The standard InChI is InChI=1S/C24H27NO4S/c1-16-10-12-18(13-11-16)30(27,28)25-22-19-8-4-3-7-17(19)15-20(22)29-23(25)24(2)14-6-5-9-21(24)26/h3-4,7-8,10-13,20,22-23H,5-6,9,14-15H2,1-2H3/t20-,22+,23-,24+/m0/s1. The van der Waals surface area contributed by atoms with Crippen LogP contribution in [0.25, 0.3) is 0 Å². The second-order valence-electron chi connectivity index (χ2n) is 9.07. The van der Waals surface area contributed by atoms with E-state index in [1.807, 2.05) is 50.2 Å². The molecule has 2 fully saturated rings. The van der Waals surface area contributed by atoms with Crippen LogP contribution in [0, 0.1) is 12.3 Å². The van der Waals surface area contributed by atoms with Crippen molar-refractivity contribution in [1.82, 2.24) is 4.31 Å². The maximum absolute atomic E-state index is 13.9. The Balaban J connectivity index is 1.65. The predicted octanol–water partition coefficient (Wildman–Crippen LogP) is 4.16. The minimum atomic E-state index is -3.86. The molecule has 2 aromatic rings. The van der Waals surface area contributed by atoms with Gasteiger partial charge in [-0.1, -0.05) is 48.4 Å².